The first-order valence-electron chi connectivity index (χ1n) is 5.37. The Morgan fingerprint density at radius 2 is 2.24 bits per heavy atom. The number of anilines is 1. The average molecular weight is 248 g/mol. The molecule has 0 radical (unpaired) electrons. The summed E-state index contributed by atoms with van der Waals surface area (Å²) in [6.45, 7) is 2.42. The lowest BCUT2D eigenvalue weighted by molar-refractivity contribution is 0.174. The lowest BCUT2D eigenvalue weighted by atomic mass is 10.2. The summed E-state index contributed by atoms with van der Waals surface area (Å²) in [5, 5.41) is 3.41. The van der Waals surface area contributed by atoms with E-state index in [2.05, 4.69) is 17.2 Å². The zero-order chi connectivity index (χ0) is 11.7. The van der Waals surface area contributed by atoms with Gasteiger partial charge in [-0.1, -0.05) is 0 Å². The van der Waals surface area contributed by atoms with Crippen LogP contribution in [0.25, 0.3) is 0 Å². The molecule has 1 N–H and O–H groups in total. The summed E-state index contributed by atoms with van der Waals surface area (Å²) in [5.74, 6) is 1.60. The maximum absolute atomic E-state index is 5.34. The molecule has 0 saturated carbocycles. The van der Waals surface area contributed by atoms with Gasteiger partial charge in [0.1, 0.15) is 0 Å². The molecule has 0 spiro atoms. The first-order chi connectivity index (χ1) is 8.33. The second-order valence-corrected chi connectivity index (χ2v) is 4.76. The summed E-state index contributed by atoms with van der Waals surface area (Å²) in [4.78, 5) is 5.29. The molecule has 1 aliphatic heterocycles. The Kier molecular flexibility index (Phi) is 2.60. The average Bonchev–Trinajstić information content (AvgIpc) is 2.99. The third-order valence-electron chi connectivity index (χ3n) is 2.63. The van der Waals surface area contributed by atoms with Gasteiger partial charge < -0.3 is 14.8 Å². The fraction of sp³-hybridized carbons (Fsp3) is 0.250. The number of thiazole rings is 1. The van der Waals surface area contributed by atoms with E-state index in [1.165, 1.54) is 4.88 Å². The topological polar surface area (TPSA) is 43.4 Å². The van der Waals surface area contributed by atoms with E-state index >= 15 is 0 Å². The Morgan fingerprint density at radius 1 is 1.35 bits per heavy atom. The van der Waals surface area contributed by atoms with Gasteiger partial charge >= 0.3 is 0 Å². The van der Waals surface area contributed by atoms with E-state index in [9.17, 15) is 0 Å². The summed E-state index contributed by atoms with van der Waals surface area (Å²) < 4.78 is 10.6. The van der Waals surface area contributed by atoms with Gasteiger partial charge in [-0.25, -0.2) is 0 Å². The number of benzene rings is 1. The number of fused-ring (bicyclic) bond motifs is 1. The van der Waals surface area contributed by atoms with Gasteiger partial charge in [-0.15, -0.1) is 11.3 Å². The first-order valence-corrected chi connectivity index (χ1v) is 6.25. The SMILES string of the molecule is CC(Nc1ccc2c(c1)OCO2)c1cncs1. The van der Waals surface area contributed by atoms with Crippen LogP contribution >= 0.6 is 11.3 Å². The van der Waals surface area contributed by atoms with Crippen LogP contribution in [0.3, 0.4) is 0 Å². The quantitative estimate of drug-likeness (QED) is 0.906. The summed E-state index contributed by atoms with van der Waals surface area (Å²) in [7, 11) is 0. The molecule has 0 bridgehead atoms. The molecule has 0 aliphatic carbocycles. The highest BCUT2D eigenvalue weighted by Gasteiger charge is 2.14. The molecule has 88 valence electrons. The lowest BCUT2D eigenvalue weighted by Gasteiger charge is -2.13. The molecule has 1 aromatic carbocycles. The zero-order valence-electron chi connectivity index (χ0n) is 9.34. The first kappa shape index (κ1) is 10.4. The highest BCUT2D eigenvalue weighted by atomic mass is 32.1. The Hall–Kier alpha value is -1.75. The van der Waals surface area contributed by atoms with Crippen molar-refractivity contribution in [2.75, 3.05) is 12.1 Å². The van der Waals surface area contributed by atoms with E-state index in [0.717, 1.165) is 17.2 Å². The van der Waals surface area contributed by atoms with E-state index in [1.54, 1.807) is 11.3 Å². The van der Waals surface area contributed by atoms with Crippen molar-refractivity contribution < 1.29 is 9.47 Å². The van der Waals surface area contributed by atoms with Crippen LogP contribution in [0.4, 0.5) is 5.69 Å². The Bertz CT molecular complexity index is 513. The molecule has 17 heavy (non-hydrogen) atoms. The summed E-state index contributed by atoms with van der Waals surface area (Å²) in [6, 6.07) is 6.11. The van der Waals surface area contributed by atoms with E-state index < -0.39 is 0 Å². The number of hydrogen-bond acceptors (Lipinski definition) is 5. The molecule has 3 rings (SSSR count). The van der Waals surface area contributed by atoms with Crippen LogP contribution in [0, 0.1) is 0 Å². The normalized spacial score (nSPS) is 14.6. The van der Waals surface area contributed by atoms with Crippen molar-refractivity contribution >= 4 is 17.0 Å². The molecular formula is C12H12N2O2S. The minimum Gasteiger partial charge on any atom is -0.454 e. The van der Waals surface area contributed by atoms with Crippen molar-refractivity contribution in [1.82, 2.24) is 4.98 Å². The van der Waals surface area contributed by atoms with Gasteiger partial charge in [0, 0.05) is 22.8 Å². The Labute approximate surface area is 103 Å². The second kappa shape index (κ2) is 4.25. The summed E-state index contributed by atoms with van der Waals surface area (Å²) >= 11 is 1.65. The van der Waals surface area contributed by atoms with Crippen LogP contribution in [0.2, 0.25) is 0 Å². The van der Waals surface area contributed by atoms with E-state index in [0.29, 0.717) is 6.79 Å². The van der Waals surface area contributed by atoms with Crippen molar-refractivity contribution in [2.24, 2.45) is 0 Å². The smallest absolute Gasteiger partial charge is 0.231 e. The number of nitrogens with zero attached hydrogens (tertiary/aromatic N) is 1. The molecular weight excluding hydrogens is 236 g/mol. The van der Waals surface area contributed by atoms with Crippen molar-refractivity contribution in [3.05, 3.63) is 34.8 Å². The van der Waals surface area contributed by atoms with Gasteiger partial charge in [0.15, 0.2) is 11.5 Å². The number of nitrogens with one attached hydrogen (secondary N) is 1. The van der Waals surface area contributed by atoms with Crippen LogP contribution in [-0.4, -0.2) is 11.8 Å². The van der Waals surface area contributed by atoms with Crippen molar-refractivity contribution in [3.8, 4) is 11.5 Å². The minimum absolute atomic E-state index is 0.239. The molecule has 1 aromatic heterocycles. The molecule has 0 amide bonds. The second-order valence-electron chi connectivity index (χ2n) is 3.84. The van der Waals surface area contributed by atoms with Crippen molar-refractivity contribution in [3.63, 3.8) is 0 Å². The zero-order valence-corrected chi connectivity index (χ0v) is 10.2. The van der Waals surface area contributed by atoms with Crippen LogP contribution in [0.15, 0.2) is 29.9 Å². The lowest BCUT2D eigenvalue weighted by Crippen LogP contribution is -2.04. The predicted molar refractivity (Wildman–Crippen MR) is 66.7 cm³/mol. The van der Waals surface area contributed by atoms with Crippen LogP contribution in [-0.2, 0) is 0 Å². The van der Waals surface area contributed by atoms with E-state index in [4.69, 9.17) is 9.47 Å². The number of aromatic nitrogens is 1. The van der Waals surface area contributed by atoms with Gasteiger partial charge in [-0.05, 0) is 19.1 Å². The fourth-order valence-electron chi connectivity index (χ4n) is 1.75. The number of ether oxygens (including phenoxy) is 2. The third kappa shape index (κ3) is 2.06. The third-order valence-corrected chi connectivity index (χ3v) is 3.59. The van der Waals surface area contributed by atoms with Gasteiger partial charge in [0.25, 0.3) is 0 Å². The molecule has 1 atom stereocenters. The van der Waals surface area contributed by atoms with E-state index in [1.807, 2.05) is 29.9 Å². The van der Waals surface area contributed by atoms with Crippen molar-refractivity contribution in [2.45, 2.75) is 13.0 Å². The fourth-order valence-corrected chi connectivity index (χ4v) is 2.38. The van der Waals surface area contributed by atoms with Crippen LogP contribution < -0.4 is 14.8 Å². The number of rotatable bonds is 3. The maximum atomic E-state index is 5.34. The van der Waals surface area contributed by atoms with Crippen LogP contribution in [0.5, 0.6) is 11.5 Å². The molecule has 2 heterocycles. The van der Waals surface area contributed by atoms with Gasteiger partial charge in [-0.3, -0.25) is 4.98 Å². The predicted octanol–water partition coefficient (Wildman–Crippen LogP) is 3.04. The van der Waals surface area contributed by atoms with Crippen LogP contribution in [0.1, 0.15) is 17.8 Å². The van der Waals surface area contributed by atoms with Gasteiger partial charge in [0.05, 0.1) is 11.6 Å². The highest BCUT2D eigenvalue weighted by Crippen LogP contribution is 2.35. The molecule has 0 fully saturated rings. The summed E-state index contributed by atoms with van der Waals surface area (Å²) in [5.41, 5.74) is 2.86. The van der Waals surface area contributed by atoms with Crippen molar-refractivity contribution in [1.29, 1.82) is 0 Å². The monoisotopic (exact) mass is 248 g/mol. The number of hydrogen-bond donors (Lipinski definition) is 1. The largest absolute Gasteiger partial charge is 0.454 e. The standard InChI is InChI=1S/C12H12N2O2S/c1-8(12-5-13-6-17-12)14-9-2-3-10-11(4-9)16-7-15-10/h2-6,8,14H,7H2,1H3. The molecule has 0 saturated heterocycles. The molecule has 1 unspecified atom stereocenters. The molecule has 4 nitrogen and oxygen atoms in total. The molecule has 2 aromatic rings. The van der Waals surface area contributed by atoms with Gasteiger partial charge in [-0.2, -0.15) is 0 Å². The molecule has 1 aliphatic rings. The van der Waals surface area contributed by atoms with Gasteiger partial charge in [0.2, 0.25) is 6.79 Å². The Balaban J connectivity index is 1.77. The summed E-state index contributed by atoms with van der Waals surface area (Å²) in [6.07, 6.45) is 1.88. The molecule has 5 heteroatoms. The highest BCUT2D eigenvalue weighted by molar-refractivity contribution is 7.09. The maximum Gasteiger partial charge on any atom is 0.231 e. The Morgan fingerprint density at radius 3 is 3.06 bits per heavy atom. The van der Waals surface area contributed by atoms with E-state index in [-0.39, 0.29) is 6.04 Å². The minimum atomic E-state index is 0.239.